The summed E-state index contributed by atoms with van der Waals surface area (Å²) in [7, 11) is 0. The largest absolute Gasteiger partial charge is 0.484 e. The maximum Gasteiger partial charge on any atom is 0.338 e. The maximum atomic E-state index is 12.4. The topological polar surface area (TPSA) is 84.7 Å². The van der Waals surface area contributed by atoms with Gasteiger partial charge in [-0.3, -0.25) is 9.48 Å². The van der Waals surface area contributed by atoms with Crippen LogP contribution in [0.4, 0.5) is 0 Å². The number of aromatic nitrogens is 2. The molecule has 7 nitrogen and oxygen atoms in total. The molecule has 1 aliphatic heterocycles. The van der Waals surface area contributed by atoms with Crippen LogP contribution in [0.1, 0.15) is 34.8 Å². The Morgan fingerprint density at radius 3 is 2.96 bits per heavy atom. The first kappa shape index (κ1) is 17.0. The van der Waals surface area contributed by atoms with Crippen molar-refractivity contribution in [1.82, 2.24) is 14.7 Å². The third-order valence-corrected chi connectivity index (χ3v) is 4.32. The van der Waals surface area contributed by atoms with Crippen LogP contribution in [-0.4, -0.2) is 51.4 Å². The van der Waals surface area contributed by atoms with Gasteiger partial charge in [0, 0.05) is 19.3 Å². The maximum absolute atomic E-state index is 12.4. The summed E-state index contributed by atoms with van der Waals surface area (Å²) in [6.07, 6.45) is 4.57. The highest BCUT2D eigenvalue weighted by molar-refractivity contribution is 5.86. The molecule has 0 aliphatic carbocycles. The molecule has 7 heteroatoms. The summed E-state index contributed by atoms with van der Waals surface area (Å²) in [4.78, 5) is 25.2. The Kier molecular flexibility index (Phi) is 5.02. The number of piperidine rings is 1. The van der Waals surface area contributed by atoms with Crippen LogP contribution in [0.25, 0.3) is 0 Å². The molecule has 1 aromatic carbocycles. The van der Waals surface area contributed by atoms with Gasteiger partial charge in [0.2, 0.25) is 0 Å². The number of carboxylic acid groups (broad SMARTS) is 1. The van der Waals surface area contributed by atoms with Crippen molar-refractivity contribution in [1.29, 1.82) is 0 Å². The molecule has 1 N–H and O–H groups in total. The molecular formula is C18H21N3O4. The summed E-state index contributed by atoms with van der Waals surface area (Å²) in [5.41, 5.74) is 1.24. The monoisotopic (exact) mass is 343 g/mol. The van der Waals surface area contributed by atoms with Gasteiger partial charge in [-0.05, 0) is 37.5 Å². The van der Waals surface area contributed by atoms with Crippen molar-refractivity contribution in [2.45, 2.75) is 25.8 Å². The summed E-state index contributed by atoms with van der Waals surface area (Å²) in [5, 5.41) is 13.1. The normalized spacial score (nSPS) is 17.3. The zero-order chi connectivity index (χ0) is 17.8. The molecule has 1 unspecified atom stereocenters. The molecule has 1 aliphatic rings. The second-order valence-corrected chi connectivity index (χ2v) is 6.26. The summed E-state index contributed by atoms with van der Waals surface area (Å²) < 4.78 is 7.23. The van der Waals surface area contributed by atoms with Crippen molar-refractivity contribution in [3.8, 4) is 5.75 Å². The number of benzene rings is 1. The lowest BCUT2D eigenvalue weighted by Crippen LogP contribution is -2.43. The number of hydrogen-bond donors (Lipinski definition) is 1. The highest BCUT2D eigenvalue weighted by atomic mass is 16.5. The van der Waals surface area contributed by atoms with Crippen LogP contribution in [-0.2, 0) is 4.79 Å². The van der Waals surface area contributed by atoms with E-state index >= 15 is 0 Å². The number of amides is 1. The van der Waals surface area contributed by atoms with Gasteiger partial charge in [-0.15, -0.1) is 0 Å². The zero-order valence-corrected chi connectivity index (χ0v) is 14.1. The Morgan fingerprint density at radius 1 is 1.40 bits per heavy atom. The number of carbonyl (C=O) groups excluding carboxylic acids is 1. The minimum Gasteiger partial charge on any atom is -0.484 e. The third-order valence-electron chi connectivity index (χ3n) is 4.32. The minimum absolute atomic E-state index is 0.00431. The number of nitrogens with zero attached hydrogens (tertiary/aromatic N) is 3. The predicted molar refractivity (Wildman–Crippen MR) is 90.7 cm³/mol. The Hall–Kier alpha value is -2.83. The fourth-order valence-electron chi connectivity index (χ4n) is 2.99. The van der Waals surface area contributed by atoms with Crippen molar-refractivity contribution in [3.05, 3.63) is 47.8 Å². The summed E-state index contributed by atoms with van der Waals surface area (Å²) in [6, 6.07) is 7.58. The van der Waals surface area contributed by atoms with Crippen LogP contribution in [0.2, 0.25) is 0 Å². The van der Waals surface area contributed by atoms with E-state index < -0.39 is 5.97 Å². The van der Waals surface area contributed by atoms with Crippen molar-refractivity contribution in [2.75, 3.05) is 19.7 Å². The Morgan fingerprint density at radius 2 is 2.24 bits per heavy atom. The molecule has 1 aromatic heterocycles. The average molecular weight is 343 g/mol. The minimum atomic E-state index is -0.999. The standard InChI is InChI=1S/C18H21N3O4/c1-13-4-2-6-16(8-13)25-12-17(22)20-7-3-5-15(11-20)21-10-14(9-19-21)18(23)24/h2,4,6,8-10,15H,3,5,7,11-12H2,1H3,(H,23,24). The first-order valence-electron chi connectivity index (χ1n) is 8.27. The fourth-order valence-corrected chi connectivity index (χ4v) is 2.99. The van der Waals surface area contributed by atoms with Crippen LogP contribution < -0.4 is 4.74 Å². The van der Waals surface area contributed by atoms with Gasteiger partial charge in [0.1, 0.15) is 5.75 Å². The molecule has 0 spiro atoms. The summed E-state index contributed by atoms with van der Waals surface area (Å²) in [6.45, 7) is 3.16. The van der Waals surface area contributed by atoms with Crippen LogP contribution in [0, 0.1) is 6.92 Å². The average Bonchev–Trinajstić information content (AvgIpc) is 3.10. The number of hydrogen-bond acceptors (Lipinski definition) is 4. The lowest BCUT2D eigenvalue weighted by Gasteiger charge is -2.32. The molecule has 132 valence electrons. The number of ether oxygens (including phenoxy) is 1. The third kappa shape index (κ3) is 4.17. The molecule has 0 bridgehead atoms. The quantitative estimate of drug-likeness (QED) is 0.899. The lowest BCUT2D eigenvalue weighted by atomic mass is 10.1. The van der Waals surface area contributed by atoms with Gasteiger partial charge in [0.25, 0.3) is 5.91 Å². The van der Waals surface area contributed by atoms with E-state index in [1.54, 1.807) is 9.58 Å². The molecule has 2 aromatic rings. The van der Waals surface area contributed by atoms with Crippen molar-refractivity contribution in [2.24, 2.45) is 0 Å². The molecule has 3 rings (SSSR count). The van der Waals surface area contributed by atoms with E-state index in [0.29, 0.717) is 18.8 Å². The molecule has 0 radical (unpaired) electrons. The summed E-state index contributed by atoms with van der Waals surface area (Å²) >= 11 is 0. The van der Waals surface area contributed by atoms with Crippen LogP contribution in [0.3, 0.4) is 0 Å². The number of rotatable bonds is 5. The van der Waals surface area contributed by atoms with E-state index in [2.05, 4.69) is 5.10 Å². The van der Waals surface area contributed by atoms with Crippen molar-refractivity contribution >= 4 is 11.9 Å². The number of aryl methyl sites for hydroxylation is 1. The van der Waals surface area contributed by atoms with Crippen LogP contribution in [0.5, 0.6) is 5.75 Å². The molecule has 0 saturated carbocycles. The zero-order valence-electron chi connectivity index (χ0n) is 14.1. The van der Waals surface area contributed by atoms with Gasteiger partial charge >= 0.3 is 5.97 Å². The molecule has 25 heavy (non-hydrogen) atoms. The molecule has 1 amide bonds. The number of carboxylic acids is 1. The number of likely N-dealkylation sites (tertiary alicyclic amines) is 1. The molecular weight excluding hydrogens is 322 g/mol. The Bertz CT molecular complexity index is 771. The van der Waals surface area contributed by atoms with Gasteiger partial charge in [0.05, 0.1) is 17.8 Å². The van der Waals surface area contributed by atoms with E-state index in [0.717, 1.165) is 18.4 Å². The first-order chi connectivity index (χ1) is 12.0. The fraction of sp³-hybridized carbons (Fsp3) is 0.389. The van der Waals surface area contributed by atoms with Crippen LogP contribution in [0.15, 0.2) is 36.7 Å². The number of carbonyl (C=O) groups is 2. The van der Waals surface area contributed by atoms with Gasteiger partial charge in [-0.2, -0.15) is 5.10 Å². The van der Waals surface area contributed by atoms with E-state index in [9.17, 15) is 9.59 Å². The molecule has 2 heterocycles. The molecule has 1 saturated heterocycles. The first-order valence-corrected chi connectivity index (χ1v) is 8.27. The Labute approximate surface area is 145 Å². The van der Waals surface area contributed by atoms with E-state index in [1.807, 2.05) is 31.2 Å². The smallest absolute Gasteiger partial charge is 0.338 e. The van der Waals surface area contributed by atoms with Crippen molar-refractivity contribution in [3.63, 3.8) is 0 Å². The second kappa shape index (κ2) is 7.38. The molecule has 1 atom stereocenters. The highest BCUT2D eigenvalue weighted by Crippen LogP contribution is 2.22. The summed E-state index contributed by atoms with van der Waals surface area (Å²) in [5.74, 6) is -0.390. The van der Waals surface area contributed by atoms with Gasteiger partial charge in [-0.25, -0.2) is 4.79 Å². The van der Waals surface area contributed by atoms with Crippen molar-refractivity contribution < 1.29 is 19.4 Å². The lowest BCUT2D eigenvalue weighted by molar-refractivity contribution is -0.135. The van der Waals surface area contributed by atoms with Gasteiger partial charge < -0.3 is 14.7 Å². The highest BCUT2D eigenvalue weighted by Gasteiger charge is 2.26. The van der Waals surface area contributed by atoms with Gasteiger partial charge in [0.15, 0.2) is 6.61 Å². The SMILES string of the molecule is Cc1cccc(OCC(=O)N2CCCC(n3cc(C(=O)O)cn3)C2)c1. The molecule has 1 fully saturated rings. The van der Waals surface area contributed by atoms with E-state index in [1.165, 1.54) is 12.4 Å². The van der Waals surface area contributed by atoms with Gasteiger partial charge in [-0.1, -0.05) is 12.1 Å². The van der Waals surface area contributed by atoms with Crippen LogP contribution >= 0.6 is 0 Å². The number of aromatic carboxylic acids is 1. The van der Waals surface area contributed by atoms with E-state index in [4.69, 9.17) is 9.84 Å². The predicted octanol–water partition coefficient (Wildman–Crippen LogP) is 2.13. The second-order valence-electron chi connectivity index (χ2n) is 6.26. The van der Waals surface area contributed by atoms with E-state index in [-0.39, 0.29) is 24.1 Å². The Balaban J connectivity index is 1.58.